The van der Waals surface area contributed by atoms with Crippen LogP contribution in [-0.2, 0) is 5.41 Å². The van der Waals surface area contributed by atoms with Crippen LogP contribution in [0.25, 0.3) is 77.5 Å². The van der Waals surface area contributed by atoms with E-state index in [0.717, 1.165) is 17.1 Å². The lowest BCUT2D eigenvalue weighted by Gasteiger charge is -2.29. The molecule has 0 spiro atoms. The number of rotatable bonds is 8. The summed E-state index contributed by atoms with van der Waals surface area (Å²) in [4.78, 5) is 2.42. The minimum Gasteiger partial charge on any atom is -0.310 e. The van der Waals surface area contributed by atoms with Crippen LogP contribution in [0.4, 0.5) is 17.1 Å². The summed E-state index contributed by atoms with van der Waals surface area (Å²) in [6, 6.07) is 86.5. The second kappa shape index (κ2) is 15.4. The van der Waals surface area contributed by atoms with Gasteiger partial charge in [-0.25, -0.2) is 0 Å². The maximum atomic E-state index is 2.42. The zero-order chi connectivity index (χ0) is 41.6. The van der Waals surface area contributed by atoms with Crippen LogP contribution in [0, 0.1) is 0 Å². The average molecular weight is 792 g/mol. The Morgan fingerprint density at radius 1 is 0.306 bits per heavy atom. The molecule has 0 aliphatic heterocycles. The summed E-state index contributed by atoms with van der Waals surface area (Å²) in [7, 11) is 0. The van der Waals surface area contributed by atoms with E-state index >= 15 is 0 Å². The summed E-state index contributed by atoms with van der Waals surface area (Å²) in [6.07, 6.45) is 0. The molecule has 0 radical (unpaired) electrons. The maximum Gasteiger partial charge on any atom is 0.0540 e. The van der Waals surface area contributed by atoms with Gasteiger partial charge in [0, 0.05) is 22.4 Å². The Kier molecular flexibility index (Phi) is 9.24. The Morgan fingerprint density at radius 3 is 1.53 bits per heavy atom. The van der Waals surface area contributed by atoms with Gasteiger partial charge in [0.25, 0.3) is 0 Å². The third kappa shape index (κ3) is 6.51. The quantitative estimate of drug-likeness (QED) is 0.148. The molecule has 0 saturated heterocycles. The highest BCUT2D eigenvalue weighted by Gasteiger charge is 2.37. The van der Waals surface area contributed by atoms with Crippen molar-refractivity contribution in [3.05, 3.63) is 248 Å². The molecule has 11 rings (SSSR count). The van der Waals surface area contributed by atoms with Crippen molar-refractivity contribution in [3.8, 4) is 66.8 Å². The molecular weight excluding hydrogens is 747 g/mol. The van der Waals surface area contributed by atoms with Crippen molar-refractivity contribution in [1.82, 2.24) is 0 Å². The third-order valence-corrected chi connectivity index (χ3v) is 12.9. The first-order valence-corrected chi connectivity index (χ1v) is 21.6. The topological polar surface area (TPSA) is 3.24 Å². The van der Waals surface area contributed by atoms with Crippen LogP contribution in [0.1, 0.15) is 25.0 Å². The summed E-state index contributed by atoms with van der Waals surface area (Å²) >= 11 is 0. The zero-order valence-corrected chi connectivity index (χ0v) is 35.0. The molecule has 1 aliphatic rings. The fourth-order valence-corrected chi connectivity index (χ4v) is 9.86. The SMILES string of the molecule is CC1(C)c2ccccc2-c2cccc(-c3ccc(N(c4ccc(-c5cccc(-c6ccccc6)c5)cc4)c4ccccc4-c4cccc(-c5cccc6ccccc56)c4)cc3)c21. The molecule has 0 unspecified atom stereocenters. The number of benzene rings is 10. The van der Waals surface area contributed by atoms with Crippen molar-refractivity contribution in [3.63, 3.8) is 0 Å². The molecule has 10 aromatic carbocycles. The van der Waals surface area contributed by atoms with Gasteiger partial charge in [-0.2, -0.15) is 0 Å². The molecule has 62 heavy (non-hydrogen) atoms. The van der Waals surface area contributed by atoms with E-state index in [-0.39, 0.29) is 5.41 Å². The van der Waals surface area contributed by atoms with E-state index in [4.69, 9.17) is 0 Å². The van der Waals surface area contributed by atoms with E-state index in [1.807, 2.05) is 0 Å². The van der Waals surface area contributed by atoms with Crippen molar-refractivity contribution in [2.45, 2.75) is 19.3 Å². The molecule has 294 valence electrons. The molecule has 0 aromatic heterocycles. The lowest BCUT2D eigenvalue weighted by molar-refractivity contribution is 0.662. The Hall–Kier alpha value is -7.74. The van der Waals surface area contributed by atoms with E-state index in [0.29, 0.717) is 0 Å². The minimum atomic E-state index is -0.102. The van der Waals surface area contributed by atoms with Gasteiger partial charge in [-0.05, 0) is 126 Å². The van der Waals surface area contributed by atoms with Gasteiger partial charge in [0.05, 0.1) is 5.69 Å². The first-order chi connectivity index (χ1) is 30.5. The summed E-state index contributed by atoms with van der Waals surface area (Å²) in [5, 5.41) is 2.50. The van der Waals surface area contributed by atoms with Crippen molar-refractivity contribution < 1.29 is 0 Å². The van der Waals surface area contributed by atoms with Gasteiger partial charge in [0.2, 0.25) is 0 Å². The number of fused-ring (bicyclic) bond motifs is 4. The molecular formula is C61H45N. The number of para-hydroxylation sites is 1. The normalized spacial score (nSPS) is 12.5. The Bertz CT molecular complexity index is 3240. The van der Waals surface area contributed by atoms with Gasteiger partial charge in [-0.1, -0.05) is 208 Å². The highest BCUT2D eigenvalue weighted by atomic mass is 15.1. The number of hydrogen-bond donors (Lipinski definition) is 0. The lowest BCUT2D eigenvalue weighted by Crippen LogP contribution is -2.16. The Labute approximate surface area is 364 Å². The Morgan fingerprint density at radius 2 is 0.774 bits per heavy atom. The van der Waals surface area contributed by atoms with Crippen LogP contribution in [0.5, 0.6) is 0 Å². The molecule has 0 amide bonds. The zero-order valence-electron chi connectivity index (χ0n) is 35.0. The van der Waals surface area contributed by atoms with E-state index < -0.39 is 0 Å². The lowest BCUT2D eigenvalue weighted by atomic mass is 9.79. The number of nitrogens with zero attached hydrogens (tertiary/aromatic N) is 1. The number of anilines is 3. The van der Waals surface area contributed by atoms with Gasteiger partial charge in [-0.15, -0.1) is 0 Å². The second-order valence-corrected chi connectivity index (χ2v) is 16.9. The average Bonchev–Trinajstić information content (AvgIpc) is 3.58. The monoisotopic (exact) mass is 791 g/mol. The fourth-order valence-electron chi connectivity index (χ4n) is 9.86. The van der Waals surface area contributed by atoms with Crippen molar-refractivity contribution in [2.75, 3.05) is 4.90 Å². The molecule has 0 fully saturated rings. The summed E-state index contributed by atoms with van der Waals surface area (Å²) in [6.45, 7) is 4.73. The standard InChI is InChI=1S/C61H45N/c1-61(2)58-30-10-8-26-56(58)57-29-15-28-55(60(57)61)45-34-38-51(39-35-45)62(50-36-32-43(33-37-50)47-21-12-20-46(40-47)42-16-4-3-5-17-42)59-31-11-9-25-54(59)49-23-13-22-48(41-49)53-27-14-19-44-18-6-7-24-52(44)53/h3-41H,1-2H3. The molecule has 0 atom stereocenters. The predicted molar refractivity (Wildman–Crippen MR) is 263 cm³/mol. The van der Waals surface area contributed by atoms with E-state index in [1.54, 1.807) is 0 Å². The minimum absolute atomic E-state index is 0.102. The van der Waals surface area contributed by atoms with Crippen LogP contribution in [0.3, 0.4) is 0 Å². The maximum absolute atomic E-state index is 2.42. The van der Waals surface area contributed by atoms with Gasteiger partial charge >= 0.3 is 0 Å². The smallest absolute Gasteiger partial charge is 0.0540 e. The van der Waals surface area contributed by atoms with Crippen LogP contribution < -0.4 is 4.90 Å². The molecule has 0 bridgehead atoms. The molecule has 1 heteroatoms. The number of hydrogen-bond acceptors (Lipinski definition) is 1. The van der Waals surface area contributed by atoms with Gasteiger partial charge in [-0.3, -0.25) is 0 Å². The summed E-state index contributed by atoms with van der Waals surface area (Å²) < 4.78 is 0. The highest BCUT2D eigenvalue weighted by Crippen LogP contribution is 2.52. The van der Waals surface area contributed by atoms with Crippen LogP contribution in [-0.4, -0.2) is 0 Å². The molecule has 0 saturated carbocycles. The van der Waals surface area contributed by atoms with E-state index in [2.05, 4.69) is 255 Å². The first kappa shape index (κ1) is 37.3. The third-order valence-electron chi connectivity index (χ3n) is 12.9. The molecule has 0 heterocycles. The molecule has 10 aromatic rings. The molecule has 1 aliphatic carbocycles. The van der Waals surface area contributed by atoms with Crippen LogP contribution >= 0.6 is 0 Å². The van der Waals surface area contributed by atoms with E-state index in [9.17, 15) is 0 Å². The van der Waals surface area contributed by atoms with Crippen LogP contribution in [0.2, 0.25) is 0 Å². The predicted octanol–water partition coefficient (Wildman–Crippen LogP) is 17.0. The summed E-state index contributed by atoms with van der Waals surface area (Å²) in [5.74, 6) is 0. The van der Waals surface area contributed by atoms with Gasteiger partial charge < -0.3 is 4.90 Å². The van der Waals surface area contributed by atoms with E-state index in [1.165, 1.54) is 88.7 Å². The van der Waals surface area contributed by atoms with Gasteiger partial charge in [0.15, 0.2) is 0 Å². The largest absolute Gasteiger partial charge is 0.310 e. The molecule has 1 nitrogen and oxygen atoms in total. The van der Waals surface area contributed by atoms with Crippen molar-refractivity contribution >= 4 is 27.8 Å². The fraction of sp³-hybridized carbons (Fsp3) is 0.0492. The van der Waals surface area contributed by atoms with Gasteiger partial charge in [0.1, 0.15) is 0 Å². The first-order valence-electron chi connectivity index (χ1n) is 21.6. The van der Waals surface area contributed by atoms with Crippen molar-refractivity contribution in [2.24, 2.45) is 0 Å². The molecule has 0 N–H and O–H groups in total. The highest BCUT2D eigenvalue weighted by molar-refractivity contribution is 5.98. The van der Waals surface area contributed by atoms with Crippen LogP contribution in [0.15, 0.2) is 237 Å². The summed E-state index contributed by atoms with van der Waals surface area (Å²) in [5.41, 5.74) is 20.8. The second-order valence-electron chi connectivity index (χ2n) is 16.9. The van der Waals surface area contributed by atoms with Crippen molar-refractivity contribution in [1.29, 1.82) is 0 Å². The Balaban J connectivity index is 1.02.